The van der Waals surface area contributed by atoms with Crippen LogP contribution in [-0.4, -0.2) is 21.8 Å². The highest BCUT2D eigenvalue weighted by atomic mass is 16.5. The highest BCUT2D eigenvalue weighted by Gasteiger charge is 2.13. The van der Waals surface area contributed by atoms with E-state index in [1.54, 1.807) is 24.3 Å². The molecule has 0 aliphatic rings. The number of aromatic nitrogens is 2. The van der Waals surface area contributed by atoms with Crippen LogP contribution in [0, 0.1) is 0 Å². The molecule has 1 atom stereocenters. The Morgan fingerprint density at radius 3 is 2.69 bits per heavy atom. The van der Waals surface area contributed by atoms with Crippen LogP contribution in [0.1, 0.15) is 18.7 Å². The van der Waals surface area contributed by atoms with Gasteiger partial charge in [0.2, 0.25) is 11.7 Å². The molecule has 1 aromatic carbocycles. The summed E-state index contributed by atoms with van der Waals surface area (Å²) in [5, 5.41) is 13.0. The van der Waals surface area contributed by atoms with Crippen molar-refractivity contribution in [2.45, 2.75) is 12.8 Å². The number of aromatic hydroxyl groups is 1. The van der Waals surface area contributed by atoms with Crippen LogP contribution >= 0.6 is 0 Å². The largest absolute Gasteiger partial charge is 0.508 e. The van der Waals surface area contributed by atoms with E-state index in [4.69, 9.17) is 15.4 Å². The Morgan fingerprint density at radius 2 is 2.06 bits per heavy atom. The molecule has 0 radical (unpaired) electrons. The van der Waals surface area contributed by atoms with Gasteiger partial charge in [-0.2, -0.15) is 4.98 Å². The van der Waals surface area contributed by atoms with Crippen LogP contribution in [0.4, 0.5) is 0 Å². The summed E-state index contributed by atoms with van der Waals surface area (Å²) in [6.45, 7) is 2.39. The number of nitrogens with zero attached hydrogens (tertiary/aromatic N) is 2. The minimum absolute atomic E-state index is 0.0540. The van der Waals surface area contributed by atoms with E-state index in [2.05, 4.69) is 10.1 Å². The summed E-state index contributed by atoms with van der Waals surface area (Å²) in [6, 6.07) is 6.63. The first-order chi connectivity index (χ1) is 7.70. The standard InChI is InChI=1S/C11H13N3O2/c1-7(6-12)11-13-10(14-16-11)8-2-4-9(15)5-3-8/h2-5,7,15H,6,12H2,1H3. The monoisotopic (exact) mass is 219 g/mol. The summed E-state index contributed by atoms with van der Waals surface area (Å²) in [5.41, 5.74) is 6.31. The lowest BCUT2D eigenvalue weighted by molar-refractivity contribution is 0.361. The molecule has 1 aromatic heterocycles. The molecule has 16 heavy (non-hydrogen) atoms. The summed E-state index contributed by atoms with van der Waals surface area (Å²) in [5.74, 6) is 1.31. The zero-order chi connectivity index (χ0) is 11.5. The number of phenols is 1. The lowest BCUT2D eigenvalue weighted by Gasteiger charge is -1.98. The SMILES string of the molecule is CC(CN)c1nc(-c2ccc(O)cc2)no1. The minimum atomic E-state index is 0.0540. The fourth-order valence-electron chi connectivity index (χ4n) is 1.26. The maximum Gasteiger partial charge on any atom is 0.231 e. The first-order valence-corrected chi connectivity index (χ1v) is 5.04. The van der Waals surface area contributed by atoms with Gasteiger partial charge in [-0.1, -0.05) is 12.1 Å². The summed E-state index contributed by atoms with van der Waals surface area (Å²) in [4.78, 5) is 4.24. The van der Waals surface area contributed by atoms with Crippen molar-refractivity contribution in [3.8, 4) is 17.1 Å². The smallest absolute Gasteiger partial charge is 0.231 e. The lowest BCUT2D eigenvalue weighted by atomic mass is 10.2. The number of phenolic OH excluding ortho intramolecular Hbond substituents is 1. The van der Waals surface area contributed by atoms with Crippen molar-refractivity contribution in [3.63, 3.8) is 0 Å². The quantitative estimate of drug-likeness (QED) is 0.817. The highest BCUT2D eigenvalue weighted by Crippen LogP contribution is 2.21. The maximum atomic E-state index is 9.15. The predicted molar refractivity (Wildman–Crippen MR) is 58.9 cm³/mol. The Kier molecular flexibility index (Phi) is 2.87. The molecule has 0 saturated carbocycles. The van der Waals surface area contributed by atoms with Crippen molar-refractivity contribution in [1.29, 1.82) is 0 Å². The van der Waals surface area contributed by atoms with Crippen molar-refractivity contribution >= 4 is 0 Å². The molecule has 1 unspecified atom stereocenters. The highest BCUT2D eigenvalue weighted by molar-refractivity contribution is 5.55. The fraction of sp³-hybridized carbons (Fsp3) is 0.273. The van der Waals surface area contributed by atoms with Gasteiger partial charge in [-0.15, -0.1) is 0 Å². The van der Waals surface area contributed by atoms with Gasteiger partial charge in [0.05, 0.1) is 0 Å². The van der Waals surface area contributed by atoms with Gasteiger partial charge in [0.25, 0.3) is 0 Å². The van der Waals surface area contributed by atoms with Crippen molar-refractivity contribution in [2.24, 2.45) is 5.73 Å². The van der Waals surface area contributed by atoms with Gasteiger partial charge in [-0.3, -0.25) is 0 Å². The molecule has 2 aromatic rings. The Labute approximate surface area is 92.9 Å². The molecule has 0 spiro atoms. The molecule has 0 saturated heterocycles. The van der Waals surface area contributed by atoms with Crippen LogP contribution in [0.25, 0.3) is 11.4 Å². The Balaban J connectivity index is 2.28. The molecule has 3 N–H and O–H groups in total. The van der Waals surface area contributed by atoms with E-state index in [1.165, 1.54) is 0 Å². The third-order valence-corrected chi connectivity index (χ3v) is 2.34. The first-order valence-electron chi connectivity index (χ1n) is 5.04. The minimum Gasteiger partial charge on any atom is -0.508 e. The van der Waals surface area contributed by atoms with E-state index in [0.29, 0.717) is 18.3 Å². The third-order valence-electron chi connectivity index (χ3n) is 2.34. The van der Waals surface area contributed by atoms with Crippen molar-refractivity contribution in [3.05, 3.63) is 30.2 Å². The Hall–Kier alpha value is -1.88. The fourth-order valence-corrected chi connectivity index (χ4v) is 1.26. The second-order valence-corrected chi connectivity index (χ2v) is 3.64. The van der Waals surface area contributed by atoms with Gasteiger partial charge >= 0.3 is 0 Å². The van der Waals surface area contributed by atoms with E-state index in [1.807, 2.05) is 6.92 Å². The van der Waals surface area contributed by atoms with Gasteiger partial charge in [0.15, 0.2) is 0 Å². The third kappa shape index (κ3) is 2.04. The van der Waals surface area contributed by atoms with Crippen molar-refractivity contribution in [2.75, 3.05) is 6.54 Å². The molecule has 5 heteroatoms. The number of benzene rings is 1. The van der Waals surface area contributed by atoms with E-state index < -0.39 is 0 Å². The molecule has 0 bridgehead atoms. The second-order valence-electron chi connectivity index (χ2n) is 3.64. The van der Waals surface area contributed by atoms with Crippen LogP contribution < -0.4 is 5.73 Å². The Bertz CT molecular complexity index is 464. The van der Waals surface area contributed by atoms with Gasteiger partial charge in [0.1, 0.15) is 5.75 Å². The van der Waals surface area contributed by atoms with Gasteiger partial charge in [-0.05, 0) is 24.3 Å². The number of rotatable bonds is 3. The molecule has 0 aliphatic heterocycles. The van der Waals surface area contributed by atoms with Crippen LogP contribution in [0.2, 0.25) is 0 Å². The van der Waals surface area contributed by atoms with Crippen LogP contribution in [0.5, 0.6) is 5.75 Å². The van der Waals surface area contributed by atoms with Crippen LogP contribution in [0.15, 0.2) is 28.8 Å². The topological polar surface area (TPSA) is 85.2 Å². The van der Waals surface area contributed by atoms with Gasteiger partial charge < -0.3 is 15.4 Å². The van der Waals surface area contributed by atoms with Crippen LogP contribution in [0.3, 0.4) is 0 Å². The van der Waals surface area contributed by atoms with E-state index in [9.17, 15) is 0 Å². The number of nitrogens with two attached hydrogens (primary N) is 1. The summed E-state index contributed by atoms with van der Waals surface area (Å²) in [6.07, 6.45) is 0. The first kappa shape index (κ1) is 10.6. The summed E-state index contributed by atoms with van der Waals surface area (Å²) < 4.78 is 5.10. The second kappa shape index (κ2) is 4.32. The molecule has 84 valence electrons. The van der Waals surface area contributed by atoms with E-state index in [0.717, 1.165) is 5.56 Å². The summed E-state index contributed by atoms with van der Waals surface area (Å²) >= 11 is 0. The van der Waals surface area contributed by atoms with Gasteiger partial charge in [-0.25, -0.2) is 0 Å². The molecule has 2 rings (SSSR count). The maximum absolute atomic E-state index is 9.15. The van der Waals surface area contributed by atoms with Gasteiger partial charge in [0, 0.05) is 18.0 Å². The lowest BCUT2D eigenvalue weighted by Crippen LogP contribution is -2.08. The average molecular weight is 219 g/mol. The van der Waals surface area contributed by atoms with Crippen molar-refractivity contribution < 1.29 is 9.63 Å². The van der Waals surface area contributed by atoms with E-state index in [-0.39, 0.29) is 11.7 Å². The average Bonchev–Trinajstić information content (AvgIpc) is 2.78. The normalized spacial score (nSPS) is 12.6. The molecule has 0 aliphatic carbocycles. The summed E-state index contributed by atoms with van der Waals surface area (Å²) in [7, 11) is 0. The van der Waals surface area contributed by atoms with Crippen LogP contribution in [-0.2, 0) is 0 Å². The molecular formula is C11H13N3O2. The zero-order valence-corrected chi connectivity index (χ0v) is 8.92. The van der Waals surface area contributed by atoms with E-state index >= 15 is 0 Å². The molecule has 0 fully saturated rings. The number of hydrogen-bond acceptors (Lipinski definition) is 5. The zero-order valence-electron chi connectivity index (χ0n) is 8.92. The van der Waals surface area contributed by atoms with Crippen molar-refractivity contribution in [1.82, 2.24) is 10.1 Å². The molecular weight excluding hydrogens is 206 g/mol. The predicted octanol–water partition coefficient (Wildman–Crippen LogP) is 1.50. The molecule has 1 heterocycles. The molecule has 0 amide bonds. The molecule has 5 nitrogen and oxygen atoms in total. The number of hydrogen-bond donors (Lipinski definition) is 2. The Morgan fingerprint density at radius 1 is 1.38 bits per heavy atom.